The van der Waals surface area contributed by atoms with Crippen molar-refractivity contribution >= 4 is 23.7 Å². The zero-order valence-electron chi connectivity index (χ0n) is 13.8. The van der Waals surface area contributed by atoms with E-state index in [9.17, 15) is 19.2 Å². The van der Waals surface area contributed by atoms with Crippen LogP contribution in [0.5, 0.6) is 0 Å². The maximum absolute atomic E-state index is 12.5. The minimum atomic E-state index is -0.767. The predicted octanol–water partition coefficient (Wildman–Crippen LogP) is -1.68. The monoisotopic (exact) mass is 348 g/mol. The Morgan fingerprint density at radius 1 is 1.32 bits per heavy atom. The third-order valence-electron chi connectivity index (χ3n) is 4.40. The molecule has 1 aromatic heterocycles. The second-order valence-corrected chi connectivity index (χ2v) is 6.20. The predicted molar refractivity (Wildman–Crippen MR) is 87.9 cm³/mol. The summed E-state index contributed by atoms with van der Waals surface area (Å²) < 4.78 is 1.26. The van der Waals surface area contributed by atoms with E-state index < -0.39 is 18.0 Å². The van der Waals surface area contributed by atoms with Crippen molar-refractivity contribution in [2.45, 2.75) is 18.9 Å². The zero-order chi connectivity index (χ0) is 18.0. The van der Waals surface area contributed by atoms with Crippen LogP contribution < -0.4 is 26.4 Å². The molecule has 1 aromatic rings. The third-order valence-corrected chi connectivity index (χ3v) is 4.40. The molecule has 0 aromatic carbocycles. The molecule has 10 nitrogen and oxygen atoms in total. The van der Waals surface area contributed by atoms with E-state index >= 15 is 0 Å². The number of amides is 4. The number of anilines is 1. The standard InChI is InChI=1S/C15H20N6O4/c1-20-12(22)5-4-11(19-20)21-6-2-3-9(8-21)13(23)17-10-7-16-15(25)18-14(10)24/h4-5,9-10H,2-3,6-8H2,1H3,(H,17,23)(H2,16,18,24,25). The topological polar surface area (TPSA) is 125 Å². The van der Waals surface area contributed by atoms with Crippen molar-refractivity contribution in [3.63, 3.8) is 0 Å². The Kier molecular flexibility index (Phi) is 4.68. The summed E-state index contributed by atoms with van der Waals surface area (Å²) in [6, 6.07) is 1.77. The summed E-state index contributed by atoms with van der Waals surface area (Å²) in [6.45, 7) is 1.28. The van der Waals surface area contributed by atoms with Crippen molar-refractivity contribution < 1.29 is 14.4 Å². The number of aromatic nitrogens is 2. The van der Waals surface area contributed by atoms with Crippen molar-refractivity contribution in [1.82, 2.24) is 25.7 Å². The van der Waals surface area contributed by atoms with Gasteiger partial charge in [0.25, 0.3) is 11.5 Å². The number of hydrogen-bond donors (Lipinski definition) is 3. The minimum absolute atomic E-state index is 0.0786. The fourth-order valence-corrected chi connectivity index (χ4v) is 2.99. The van der Waals surface area contributed by atoms with E-state index in [2.05, 4.69) is 21.0 Å². The summed E-state index contributed by atoms with van der Waals surface area (Å²) in [5.74, 6) is -0.393. The third kappa shape index (κ3) is 3.78. The largest absolute Gasteiger partial charge is 0.354 e. The van der Waals surface area contributed by atoms with Gasteiger partial charge in [0.2, 0.25) is 5.91 Å². The number of hydrogen-bond acceptors (Lipinski definition) is 6. The SMILES string of the molecule is Cn1nc(N2CCCC(C(=O)NC3CNC(=O)NC3=O)C2)ccc1=O. The van der Waals surface area contributed by atoms with Crippen molar-refractivity contribution in [1.29, 1.82) is 0 Å². The average Bonchev–Trinajstić information content (AvgIpc) is 2.60. The number of carbonyl (C=O) groups is 3. The highest BCUT2D eigenvalue weighted by molar-refractivity contribution is 6.01. The van der Waals surface area contributed by atoms with Crippen LogP contribution in [-0.2, 0) is 16.6 Å². The Balaban J connectivity index is 1.63. The number of imide groups is 1. The summed E-state index contributed by atoms with van der Waals surface area (Å²) in [6.07, 6.45) is 1.50. The van der Waals surface area contributed by atoms with E-state index in [-0.39, 0.29) is 23.9 Å². The second kappa shape index (κ2) is 6.91. The highest BCUT2D eigenvalue weighted by Crippen LogP contribution is 2.21. The Morgan fingerprint density at radius 3 is 2.84 bits per heavy atom. The molecular formula is C15H20N6O4. The number of aryl methyl sites for hydroxylation is 1. The molecule has 2 unspecified atom stereocenters. The molecule has 25 heavy (non-hydrogen) atoms. The number of carbonyl (C=O) groups excluding carboxylic acids is 3. The Morgan fingerprint density at radius 2 is 2.12 bits per heavy atom. The number of piperidine rings is 1. The molecule has 3 heterocycles. The van der Waals surface area contributed by atoms with Crippen LogP contribution in [-0.4, -0.2) is 53.3 Å². The zero-order valence-corrected chi connectivity index (χ0v) is 13.8. The number of nitrogens with zero attached hydrogens (tertiary/aromatic N) is 3. The normalized spacial score (nSPS) is 23.6. The van der Waals surface area contributed by atoms with Gasteiger partial charge < -0.3 is 15.5 Å². The summed E-state index contributed by atoms with van der Waals surface area (Å²) in [4.78, 5) is 48.7. The van der Waals surface area contributed by atoms with Crippen LogP contribution in [0, 0.1) is 5.92 Å². The Hall–Kier alpha value is -2.91. The maximum atomic E-state index is 12.5. The highest BCUT2D eigenvalue weighted by atomic mass is 16.2. The first kappa shape index (κ1) is 16.9. The molecule has 134 valence electrons. The molecule has 4 amide bonds. The van der Waals surface area contributed by atoms with Gasteiger partial charge in [-0.05, 0) is 18.9 Å². The molecule has 0 bridgehead atoms. The van der Waals surface area contributed by atoms with Crippen LogP contribution in [0.2, 0.25) is 0 Å². The van der Waals surface area contributed by atoms with Gasteiger partial charge in [0.1, 0.15) is 11.9 Å². The van der Waals surface area contributed by atoms with Gasteiger partial charge in [0.05, 0.1) is 5.92 Å². The molecule has 0 spiro atoms. The van der Waals surface area contributed by atoms with Gasteiger partial charge in [-0.3, -0.25) is 19.7 Å². The number of rotatable bonds is 3. The van der Waals surface area contributed by atoms with Gasteiger partial charge in [0.15, 0.2) is 0 Å². The van der Waals surface area contributed by atoms with Crippen LogP contribution in [0.15, 0.2) is 16.9 Å². The minimum Gasteiger partial charge on any atom is -0.354 e. The summed E-state index contributed by atoms with van der Waals surface area (Å²) >= 11 is 0. The van der Waals surface area contributed by atoms with Crippen LogP contribution in [0.25, 0.3) is 0 Å². The van der Waals surface area contributed by atoms with Crippen molar-refractivity contribution in [2.24, 2.45) is 13.0 Å². The molecule has 3 rings (SSSR count). The van der Waals surface area contributed by atoms with Gasteiger partial charge in [-0.1, -0.05) is 0 Å². The first-order chi connectivity index (χ1) is 11.9. The fraction of sp³-hybridized carbons (Fsp3) is 0.533. The molecular weight excluding hydrogens is 328 g/mol. The van der Waals surface area contributed by atoms with Gasteiger partial charge in [-0.2, -0.15) is 5.10 Å². The van der Waals surface area contributed by atoms with Gasteiger partial charge in [-0.15, -0.1) is 0 Å². The lowest BCUT2D eigenvalue weighted by Crippen LogP contribution is -2.62. The number of nitrogens with one attached hydrogen (secondary N) is 3. The van der Waals surface area contributed by atoms with Crippen molar-refractivity contribution in [3.8, 4) is 0 Å². The molecule has 3 N–H and O–H groups in total. The molecule has 10 heteroatoms. The van der Waals surface area contributed by atoms with Gasteiger partial charge in [-0.25, -0.2) is 9.48 Å². The van der Waals surface area contributed by atoms with E-state index in [4.69, 9.17) is 0 Å². The second-order valence-electron chi connectivity index (χ2n) is 6.20. The highest BCUT2D eigenvalue weighted by Gasteiger charge is 2.32. The van der Waals surface area contributed by atoms with E-state index in [0.29, 0.717) is 18.8 Å². The van der Waals surface area contributed by atoms with Gasteiger partial charge in [0, 0.05) is 32.7 Å². The molecule has 2 atom stereocenters. The molecule has 0 saturated carbocycles. The van der Waals surface area contributed by atoms with Crippen LogP contribution in [0.4, 0.5) is 10.6 Å². The first-order valence-corrected chi connectivity index (χ1v) is 8.12. The molecule has 2 aliphatic rings. The summed E-state index contributed by atoms with van der Waals surface area (Å²) in [7, 11) is 1.58. The fourth-order valence-electron chi connectivity index (χ4n) is 2.99. The van der Waals surface area contributed by atoms with Crippen LogP contribution in [0.1, 0.15) is 12.8 Å². The molecule has 2 saturated heterocycles. The smallest absolute Gasteiger partial charge is 0.321 e. The van der Waals surface area contributed by atoms with Crippen molar-refractivity contribution in [3.05, 3.63) is 22.5 Å². The van der Waals surface area contributed by atoms with Crippen molar-refractivity contribution in [2.75, 3.05) is 24.5 Å². The maximum Gasteiger partial charge on any atom is 0.321 e. The summed E-state index contributed by atoms with van der Waals surface area (Å²) in [5.41, 5.74) is -0.194. The molecule has 0 aliphatic carbocycles. The lowest BCUT2D eigenvalue weighted by Gasteiger charge is -2.33. The van der Waals surface area contributed by atoms with E-state index in [1.54, 1.807) is 13.1 Å². The van der Waals surface area contributed by atoms with E-state index in [1.807, 2.05) is 4.90 Å². The Labute approximate surface area is 143 Å². The van der Waals surface area contributed by atoms with Crippen LogP contribution in [0.3, 0.4) is 0 Å². The Bertz CT molecular complexity index is 761. The first-order valence-electron chi connectivity index (χ1n) is 8.12. The number of urea groups is 1. The van der Waals surface area contributed by atoms with E-state index in [1.165, 1.54) is 10.7 Å². The quantitative estimate of drug-likeness (QED) is 0.599. The van der Waals surface area contributed by atoms with E-state index in [0.717, 1.165) is 13.0 Å². The van der Waals surface area contributed by atoms with Crippen LogP contribution >= 0.6 is 0 Å². The molecule has 2 aliphatic heterocycles. The average molecular weight is 348 g/mol. The molecule has 0 radical (unpaired) electrons. The molecule has 2 fully saturated rings. The lowest BCUT2D eigenvalue weighted by molar-refractivity contribution is -0.131. The lowest BCUT2D eigenvalue weighted by atomic mass is 9.96. The summed E-state index contributed by atoms with van der Waals surface area (Å²) in [5, 5.41) is 11.5. The van der Waals surface area contributed by atoms with Gasteiger partial charge >= 0.3 is 6.03 Å².